The van der Waals surface area contributed by atoms with Gasteiger partial charge in [0.2, 0.25) is 0 Å². The standard InChI is InChI=1S/C36H62O9/c1-19(9-14-27(33(4,5)43)45-31-30(42)29(41)28(40)23(18-37)44-31)20-15-16-34(6)24-12-10-21-22(11-13-25(38)32(21,2)3)36(24,8)26(39)17-35(20,34)7/h10,19-20,22-31,37-43H,9,11-18H2,1-8H3/t19-,20?,22-,23+,24+,25+,26-,27-,28+,29-,30+,31-,34+,35-,36+/m1/s1. The number of hydrogen-bond donors (Lipinski definition) is 7. The molecule has 0 aromatic rings. The summed E-state index contributed by atoms with van der Waals surface area (Å²) in [5.74, 6) is 1.26. The van der Waals surface area contributed by atoms with Crippen LogP contribution in [0.25, 0.3) is 0 Å². The molecule has 1 unspecified atom stereocenters. The van der Waals surface area contributed by atoms with E-state index in [4.69, 9.17) is 9.47 Å². The van der Waals surface area contributed by atoms with Gasteiger partial charge in [-0.05, 0) is 99.7 Å². The van der Waals surface area contributed by atoms with Crippen LogP contribution in [0.3, 0.4) is 0 Å². The van der Waals surface area contributed by atoms with E-state index >= 15 is 0 Å². The molecule has 0 radical (unpaired) electrons. The molecule has 1 heterocycles. The summed E-state index contributed by atoms with van der Waals surface area (Å²) in [6.45, 7) is 16.5. The summed E-state index contributed by atoms with van der Waals surface area (Å²) < 4.78 is 11.7. The molecule has 0 bridgehead atoms. The fraction of sp³-hybridized carbons (Fsp3) is 0.944. The predicted octanol–water partition coefficient (Wildman–Crippen LogP) is 3.30. The lowest BCUT2D eigenvalue weighted by atomic mass is 9.38. The molecule has 1 aliphatic heterocycles. The Kier molecular flexibility index (Phi) is 9.56. The zero-order valence-corrected chi connectivity index (χ0v) is 28.8. The molecule has 15 atom stereocenters. The van der Waals surface area contributed by atoms with E-state index in [-0.39, 0.29) is 39.6 Å². The fourth-order valence-electron chi connectivity index (χ4n) is 11.2. The molecule has 9 heteroatoms. The van der Waals surface area contributed by atoms with E-state index < -0.39 is 55.1 Å². The minimum Gasteiger partial charge on any atom is -0.394 e. The first kappa shape index (κ1) is 35.7. The number of aliphatic hydroxyl groups excluding tert-OH is 6. The van der Waals surface area contributed by atoms with Gasteiger partial charge in [0, 0.05) is 10.8 Å². The van der Waals surface area contributed by atoms with Crippen LogP contribution in [0.4, 0.5) is 0 Å². The van der Waals surface area contributed by atoms with E-state index in [0.717, 1.165) is 44.9 Å². The Morgan fingerprint density at radius 3 is 2.20 bits per heavy atom. The van der Waals surface area contributed by atoms with Crippen molar-refractivity contribution in [2.45, 2.75) is 161 Å². The highest BCUT2D eigenvalue weighted by atomic mass is 16.7. The van der Waals surface area contributed by atoms with E-state index in [1.54, 1.807) is 13.8 Å². The van der Waals surface area contributed by atoms with Crippen molar-refractivity contribution >= 4 is 0 Å². The smallest absolute Gasteiger partial charge is 0.187 e. The van der Waals surface area contributed by atoms with Gasteiger partial charge in [0.05, 0.1) is 30.5 Å². The van der Waals surface area contributed by atoms with Crippen LogP contribution in [-0.4, -0.2) is 97.0 Å². The molecule has 7 N–H and O–H groups in total. The fourth-order valence-corrected chi connectivity index (χ4v) is 11.2. The van der Waals surface area contributed by atoms with Crippen molar-refractivity contribution < 1.29 is 45.2 Å². The minimum absolute atomic E-state index is 0.0463. The van der Waals surface area contributed by atoms with Gasteiger partial charge in [-0.3, -0.25) is 0 Å². The van der Waals surface area contributed by atoms with Crippen LogP contribution in [0.2, 0.25) is 0 Å². The van der Waals surface area contributed by atoms with E-state index in [1.807, 2.05) is 0 Å². The summed E-state index contributed by atoms with van der Waals surface area (Å²) >= 11 is 0. The topological polar surface area (TPSA) is 160 Å². The van der Waals surface area contributed by atoms with Crippen molar-refractivity contribution in [2.75, 3.05) is 6.61 Å². The number of hydrogen-bond acceptors (Lipinski definition) is 9. The number of ether oxygens (including phenoxy) is 2. The lowest BCUT2D eigenvalue weighted by Gasteiger charge is -2.67. The van der Waals surface area contributed by atoms with Crippen LogP contribution in [0.15, 0.2) is 11.6 Å². The normalized spacial score (nSPS) is 49.4. The van der Waals surface area contributed by atoms with Crippen molar-refractivity contribution in [1.29, 1.82) is 0 Å². The van der Waals surface area contributed by atoms with E-state index in [1.165, 1.54) is 5.57 Å². The Labute approximate surface area is 270 Å². The monoisotopic (exact) mass is 638 g/mol. The highest BCUT2D eigenvalue weighted by molar-refractivity contribution is 5.31. The largest absolute Gasteiger partial charge is 0.394 e. The van der Waals surface area contributed by atoms with Crippen molar-refractivity contribution in [3.63, 3.8) is 0 Å². The van der Waals surface area contributed by atoms with E-state index in [0.29, 0.717) is 18.3 Å². The third-order valence-corrected chi connectivity index (χ3v) is 14.5. The first-order valence-corrected chi connectivity index (χ1v) is 17.5. The number of fused-ring (bicyclic) bond motifs is 5. The molecule has 260 valence electrons. The van der Waals surface area contributed by atoms with Crippen molar-refractivity contribution in [3.05, 3.63) is 11.6 Å². The molecule has 1 saturated heterocycles. The van der Waals surface area contributed by atoms with Crippen LogP contribution in [0, 0.1) is 45.3 Å². The Morgan fingerprint density at radius 2 is 1.58 bits per heavy atom. The SMILES string of the molecule is C[C@H](CC[C@@H](O[C@H]1O[C@@H](CO)[C@H](O)[C@@H](O)[C@@H]1O)C(C)(C)O)C1CC[C@@]2(C)[C@@H]3CC=C4[C@@H](CC[C@H](O)C4(C)C)[C@]3(C)[C@H](O)C[C@]12C. The van der Waals surface area contributed by atoms with Crippen molar-refractivity contribution in [3.8, 4) is 0 Å². The molecular weight excluding hydrogens is 576 g/mol. The lowest BCUT2D eigenvalue weighted by Crippen LogP contribution is -2.64. The molecule has 5 aliphatic rings. The zero-order valence-electron chi connectivity index (χ0n) is 28.8. The van der Waals surface area contributed by atoms with Crippen LogP contribution in [-0.2, 0) is 9.47 Å². The van der Waals surface area contributed by atoms with Crippen LogP contribution < -0.4 is 0 Å². The quantitative estimate of drug-likeness (QED) is 0.198. The van der Waals surface area contributed by atoms with Crippen molar-refractivity contribution in [1.82, 2.24) is 0 Å². The van der Waals surface area contributed by atoms with Crippen LogP contribution in [0.5, 0.6) is 0 Å². The molecule has 9 nitrogen and oxygen atoms in total. The molecule has 0 spiro atoms. The first-order valence-electron chi connectivity index (χ1n) is 17.5. The van der Waals surface area contributed by atoms with Gasteiger partial charge in [-0.1, -0.05) is 53.2 Å². The van der Waals surface area contributed by atoms with Crippen LogP contribution in [0.1, 0.15) is 107 Å². The minimum atomic E-state index is -1.54. The Balaban J connectivity index is 1.33. The highest BCUT2D eigenvalue weighted by Gasteiger charge is 2.70. The number of aliphatic hydroxyl groups is 7. The highest BCUT2D eigenvalue weighted by Crippen LogP contribution is 2.75. The zero-order chi connectivity index (χ0) is 33.5. The van der Waals surface area contributed by atoms with Gasteiger partial charge >= 0.3 is 0 Å². The number of rotatable bonds is 8. The molecule has 4 aliphatic carbocycles. The molecule has 4 fully saturated rings. The average molecular weight is 639 g/mol. The molecule has 5 rings (SSSR count). The summed E-state index contributed by atoms with van der Waals surface area (Å²) in [5.41, 5.74) is -0.481. The molecular formula is C36H62O9. The number of allylic oxidation sites excluding steroid dienone is 1. The summed E-state index contributed by atoms with van der Waals surface area (Å²) in [7, 11) is 0. The Bertz CT molecular complexity index is 1100. The van der Waals surface area contributed by atoms with Gasteiger partial charge in [-0.2, -0.15) is 0 Å². The first-order chi connectivity index (χ1) is 20.7. The van der Waals surface area contributed by atoms with Gasteiger partial charge in [0.25, 0.3) is 0 Å². The third kappa shape index (κ3) is 5.48. The average Bonchev–Trinajstić information content (AvgIpc) is 3.22. The predicted molar refractivity (Wildman–Crippen MR) is 170 cm³/mol. The summed E-state index contributed by atoms with van der Waals surface area (Å²) in [5, 5.41) is 74.7. The van der Waals surface area contributed by atoms with Gasteiger partial charge < -0.3 is 45.2 Å². The third-order valence-electron chi connectivity index (χ3n) is 14.5. The maximum absolute atomic E-state index is 12.1. The van der Waals surface area contributed by atoms with Gasteiger partial charge in [-0.15, -0.1) is 0 Å². The Morgan fingerprint density at radius 1 is 0.911 bits per heavy atom. The lowest BCUT2D eigenvalue weighted by molar-refractivity contribution is -0.322. The van der Waals surface area contributed by atoms with Gasteiger partial charge in [-0.25, -0.2) is 0 Å². The van der Waals surface area contributed by atoms with Gasteiger partial charge in [0.15, 0.2) is 6.29 Å². The summed E-state index contributed by atoms with van der Waals surface area (Å²) in [4.78, 5) is 0. The van der Waals surface area contributed by atoms with E-state index in [2.05, 4.69) is 47.6 Å². The van der Waals surface area contributed by atoms with Crippen LogP contribution >= 0.6 is 0 Å². The second-order valence-electron chi connectivity index (χ2n) is 17.4. The molecule has 45 heavy (non-hydrogen) atoms. The van der Waals surface area contributed by atoms with Gasteiger partial charge in [0.1, 0.15) is 24.4 Å². The maximum Gasteiger partial charge on any atom is 0.187 e. The Hall–Kier alpha value is -0.620. The molecule has 0 aromatic heterocycles. The molecule has 3 saturated carbocycles. The van der Waals surface area contributed by atoms with E-state index in [9.17, 15) is 35.7 Å². The summed E-state index contributed by atoms with van der Waals surface area (Å²) in [6.07, 6.45) is 0.736. The second kappa shape index (κ2) is 12.1. The maximum atomic E-state index is 12.1. The molecule has 0 aromatic carbocycles. The molecule has 0 amide bonds. The summed E-state index contributed by atoms with van der Waals surface area (Å²) in [6, 6.07) is 0. The van der Waals surface area contributed by atoms with Crippen molar-refractivity contribution in [2.24, 2.45) is 45.3 Å². The second-order valence-corrected chi connectivity index (χ2v) is 17.4.